The van der Waals surface area contributed by atoms with Gasteiger partial charge in [-0.3, -0.25) is 9.59 Å². The fraction of sp³-hybridized carbons (Fsp3) is 0.381. The molecule has 7 nitrogen and oxygen atoms in total. The van der Waals surface area contributed by atoms with Gasteiger partial charge in [-0.05, 0) is 43.5 Å². The summed E-state index contributed by atoms with van der Waals surface area (Å²) in [5, 5.41) is 24.0. The predicted molar refractivity (Wildman–Crippen MR) is 106 cm³/mol. The van der Waals surface area contributed by atoms with Crippen molar-refractivity contribution >= 4 is 17.5 Å². The molecule has 0 saturated carbocycles. The Morgan fingerprint density at radius 3 is 2.50 bits per heavy atom. The molecule has 0 fully saturated rings. The first kappa shape index (κ1) is 22.6. The van der Waals surface area contributed by atoms with Crippen molar-refractivity contribution < 1.29 is 19.4 Å². The van der Waals surface area contributed by atoms with Crippen molar-refractivity contribution in [3.8, 4) is 24.2 Å². The van der Waals surface area contributed by atoms with Gasteiger partial charge in [-0.2, -0.15) is 5.26 Å². The van der Waals surface area contributed by atoms with Crippen molar-refractivity contribution in [3.63, 3.8) is 0 Å². The summed E-state index contributed by atoms with van der Waals surface area (Å²) < 4.78 is 5.62. The van der Waals surface area contributed by atoms with E-state index in [4.69, 9.17) is 16.4 Å². The highest BCUT2D eigenvalue weighted by molar-refractivity contribution is 6.06. The smallest absolute Gasteiger partial charge is 0.269 e. The van der Waals surface area contributed by atoms with Crippen molar-refractivity contribution in [1.82, 2.24) is 5.32 Å². The number of aliphatic hydroxyl groups is 1. The summed E-state index contributed by atoms with van der Waals surface area (Å²) in [6.45, 7) is 0.532. The minimum atomic E-state index is -0.693. The van der Waals surface area contributed by atoms with Crippen molar-refractivity contribution in [2.75, 3.05) is 19.0 Å². The van der Waals surface area contributed by atoms with E-state index in [0.717, 1.165) is 19.3 Å². The maximum atomic E-state index is 12.1. The van der Waals surface area contributed by atoms with Crippen LogP contribution < -0.4 is 15.4 Å². The molecule has 2 amide bonds. The molecule has 0 aromatic heterocycles. The van der Waals surface area contributed by atoms with E-state index in [1.807, 2.05) is 0 Å². The Hall–Kier alpha value is -3.45. The molecule has 0 radical (unpaired) electrons. The minimum absolute atomic E-state index is 0.0392. The number of nitrogens with zero attached hydrogens (tertiary/aromatic N) is 1. The number of terminal acetylenes is 1. The Balaban J connectivity index is 2.46. The van der Waals surface area contributed by atoms with Crippen LogP contribution in [0.25, 0.3) is 0 Å². The quantitative estimate of drug-likeness (QED) is 0.179. The summed E-state index contributed by atoms with van der Waals surface area (Å²) in [7, 11) is 1.62. The number of anilines is 1. The molecule has 0 aliphatic heterocycles. The van der Waals surface area contributed by atoms with Gasteiger partial charge in [0.2, 0.25) is 5.91 Å². The molecular formula is C21H25N3O4. The number of unbranched alkanes of at least 4 members (excludes halogenated alkanes) is 2. The number of allylic oxidation sites excluding steroid dienone is 1. The third-order valence-corrected chi connectivity index (χ3v) is 3.84. The summed E-state index contributed by atoms with van der Waals surface area (Å²) in [4.78, 5) is 23.2. The van der Waals surface area contributed by atoms with Gasteiger partial charge in [0.25, 0.3) is 5.91 Å². The van der Waals surface area contributed by atoms with Crippen LogP contribution in [0.15, 0.2) is 35.6 Å². The SMILES string of the molecule is C#CCCC(O)=C(C#N)C(=O)Nc1ccc(OCCCCCC(=O)NC)cc1. The minimum Gasteiger partial charge on any atom is -0.511 e. The summed E-state index contributed by atoms with van der Waals surface area (Å²) in [5.74, 6) is 2.01. The molecule has 7 heteroatoms. The van der Waals surface area contributed by atoms with Crippen molar-refractivity contribution in [2.45, 2.75) is 38.5 Å². The first-order valence-electron chi connectivity index (χ1n) is 9.02. The fourth-order valence-corrected chi connectivity index (χ4v) is 2.27. The number of hydrogen-bond acceptors (Lipinski definition) is 5. The molecule has 0 aliphatic rings. The van der Waals surface area contributed by atoms with Gasteiger partial charge in [-0.15, -0.1) is 12.3 Å². The largest absolute Gasteiger partial charge is 0.511 e. The molecule has 1 rings (SSSR count). The van der Waals surface area contributed by atoms with E-state index in [1.165, 1.54) is 0 Å². The first-order valence-corrected chi connectivity index (χ1v) is 9.02. The van der Waals surface area contributed by atoms with Crippen molar-refractivity contribution in [1.29, 1.82) is 5.26 Å². The molecule has 1 aromatic rings. The normalized spacial score (nSPS) is 10.8. The number of aliphatic hydroxyl groups excluding tert-OH is 1. The van der Waals surface area contributed by atoms with Gasteiger partial charge in [0.15, 0.2) is 5.57 Å². The molecule has 0 aliphatic carbocycles. The molecule has 28 heavy (non-hydrogen) atoms. The number of carbonyl (C=O) groups is 2. The summed E-state index contributed by atoms with van der Waals surface area (Å²) in [5.41, 5.74) is 0.118. The summed E-state index contributed by atoms with van der Waals surface area (Å²) in [6.07, 6.45) is 8.49. The topological polar surface area (TPSA) is 111 Å². The molecule has 1 aromatic carbocycles. The lowest BCUT2D eigenvalue weighted by Crippen LogP contribution is -2.16. The molecule has 0 saturated heterocycles. The van der Waals surface area contributed by atoms with E-state index in [2.05, 4.69) is 16.6 Å². The van der Waals surface area contributed by atoms with E-state index < -0.39 is 5.91 Å². The van der Waals surface area contributed by atoms with Gasteiger partial charge in [0.05, 0.1) is 6.61 Å². The van der Waals surface area contributed by atoms with Gasteiger partial charge in [0, 0.05) is 32.0 Å². The van der Waals surface area contributed by atoms with E-state index in [1.54, 1.807) is 37.4 Å². The molecular weight excluding hydrogens is 358 g/mol. The van der Waals surface area contributed by atoms with Gasteiger partial charge in [0.1, 0.15) is 17.6 Å². The van der Waals surface area contributed by atoms with Crippen LogP contribution in [-0.2, 0) is 9.59 Å². The Labute approximate surface area is 165 Å². The van der Waals surface area contributed by atoms with Crippen LogP contribution in [0.4, 0.5) is 5.69 Å². The van der Waals surface area contributed by atoms with Crippen LogP contribution in [0.3, 0.4) is 0 Å². The average Bonchev–Trinajstić information content (AvgIpc) is 2.70. The molecule has 3 N–H and O–H groups in total. The number of carbonyl (C=O) groups excluding carboxylic acids is 2. The first-order chi connectivity index (χ1) is 13.5. The zero-order chi connectivity index (χ0) is 20.8. The lowest BCUT2D eigenvalue weighted by atomic mass is 10.1. The maximum absolute atomic E-state index is 12.1. The molecule has 0 spiro atoms. The highest BCUT2D eigenvalue weighted by Crippen LogP contribution is 2.18. The molecule has 0 heterocycles. The second-order valence-electron chi connectivity index (χ2n) is 5.95. The number of hydrogen-bond donors (Lipinski definition) is 3. The fourth-order valence-electron chi connectivity index (χ4n) is 2.27. The van der Waals surface area contributed by atoms with Crippen LogP contribution in [0, 0.1) is 23.7 Å². The number of benzene rings is 1. The van der Waals surface area contributed by atoms with Crippen molar-refractivity contribution in [2.24, 2.45) is 0 Å². The average molecular weight is 383 g/mol. The zero-order valence-corrected chi connectivity index (χ0v) is 16.0. The Morgan fingerprint density at radius 1 is 1.18 bits per heavy atom. The van der Waals surface area contributed by atoms with E-state index in [0.29, 0.717) is 24.5 Å². The monoisotopic (exact) mass is 383 g/mol. The second-order valence-corrected chi connectivity index (χ2v) is 5.95. The second kappa shape index (κ2) is 12.8. The van der Waals surface area contributed by atoms with E-state index >= 15 is 0 Å². The van der Waals surface area contributed by atoms with E-state index in [-0.39, 0.29) is 30.1 Å². The highest BCUT2D eigenvalue weighted by Gasteiger charge is 2.15. The van der Waals surface area contributed by atoms with Crippen molar-refractivity contribution in [3.05, 3.63) is 35.6 Å². The van der Waals surface area contributed by atoms with E-state index in [9.17, 15) is 14.7 Å². The third-order valence-electron chi connectivity index (χ3n) is 3.84. The highest BCUT2D eigenvalue weighted by atomic mass is 16.5. The van der Waals surface area contributed by atoms with Crippen LogP contribution in [0.5, 0.6) is 5.75 Å². The van der Waals surface area contributed by atoms with Crippen LogP contribution in [0.1, 0.15) is 38.5 Å². The third kappa shape index (κ3) is 8.29. The summed E-state index contributed by atoms with van der Waals surface area (Å²) in [6, 6.07) is 8.39. The number of ether oxygens (including phenoxy) is 1. The molecule has 0 bridgehead atoms. The number of nitrogens with one attached hydrogen (secondary N) is 2. The lowest BCUT2D eigenvalue weighted by molar-refractivity contribution is -0.120. The molecule has 0 atom stereocenters. The van der Waals surface area contributed by atoms with Crippen LogP contribution >= 0.6 is 0 Å². The zero-order valence-electron chi connectivity index (χ0n) is 16.0. The van der Waals surface area contributed by atoms with Gasteiger partial charge in [-0.1, -0.05) is 0 Å². The Morgan fingerprint density at radius 2 is 1.89 bits per heavy atom. The lowest BCUT2D eigenvalue weighted by Gasteiger charge is -2.09. The van der Waals surface area contributed by atoms with Crippen LogP contribution in [0.2, 0.25) is 0 Å². The standard InChI is InChI=1S/C21H25N3O4/c1-3-4-8-19(25)18(15-22)21(27)24-16-10-12-17(13-11-16)28-14-7-5-6-9-20(26)23-2/h1,10-13,25H,4-9,14H2,2H3,(H,23,26)(H,24,27). The predicted octanol–water partition coefficient (Wildman–Crippen LogP) is 3.06. The van der Waals surface area contributed by atoms with Crippen LogP contribution in [-0.4, -0.2) is 30.6 Å². The van der Waals surface area contributed by atoms with Gasteiger partial charge < -0.3 is 20.5 Å². The maximum Gasteiger partial charge on any atom is 0.269 e. The molecule has 148 valence electrons. The molecule has 0 unspecified atom stereocenters. The Kier molecular flexibility index (Phi) is 10.4. The Bertz CT molecular complexity index is 770. The number of nitriles is 1. The summed E-state index contributed by atoms with van der Waals surface area (Å²) >= 11 is 0. The number of amides is 2. The van der Waals surface area contributed by atoms with Gasteiger partial charge in [-0.25, -0.2) is 0 Å². The number of rotatable bonds is 11. The van der Waals surface area contributed by atoms with Gasteiger partial charge >= 0.3 is 0 Å².